The van der Waals surface area contributed by atoms with Gasteiger partial charge in [0.1, 0.15) is 0 Å². The van der Waals surface area contributed by atoms with Gasteiger partial charge < -0.3 is 5.11 Å². The molecule has 0 aliphatic rings. The van der Waals surface area contributed by atoms with Crippen molar-refractivity contribution in [3.63, 3.8) is 0 Å². The molecule has 2 nitrogen and oxygen atoms in total. The zero-order chi connectivity index (χ0) is 11.5. The average Bonchev–Trinajstić information content (AvgIpc) is 2.14. The van der Waals surface area contributed by atoms with E-state index in [4.69, 9.17) is 0 Å². The lowest BCUT2D eigenvalue weighted by molar-refractivity contribution is 0.101. The van der Waals surface area contributed by atoms with Gasteiger partial charge >= 0.3 is 0 Å². The molecule has 0 fully saturated rings. The quantitative estimate of drug-likeness (QED) is 0.768. The SMILES string of the molecule is CC(=O)c1ccc(/C=C/C(C)(C)O)cc1. The molecule has 0 aromatic heterocycles. The van der Waals surface area contributed by atoms with E-state index in [1.807, 2.05) is 18.2 Å². The molecule has 0 amide bonds. The molecule has 15 heavy (non-hydrogen) atoms. The van der Waals surface area contributed by atoms with Gasteiger partial charge in [0.05, 0.1) is 5.60 Å². The highest BCUT2D eigenvalue weighted by atomic mass is 16.3. The lowest BCUT2D eigenvalue weighted by Crippen LogP contribution is -2.13. The predicted molar refractivity (Wildman–Crippen MR) is 61.8 cm³/mol. The molecule has 1 rings (SSSR count). The maximum absolute atomic E-state index is 11.0. The summed E-state index contributed by atoms with van der Waals surface area (Å²) in [5, 5.41) is 9.48. The molecule has 0 bridgehead atoms. The van der Waals surface area contributed by atoms with Crippen LogP contribution in [0.15, 0.2) is 30.3 Å². The molecule has 0 saturated carbocycles. The average molecular weight is 204 g/mol. The van der Waals surface area contributed by atoms with Crippen molar-refractivity contribution >= 4 is 11.9 Å². The van der Waals surface area contributed by atoms with Crippen molar-refractivity contribution < 1.29 is 9.90 Å². The van der Waals surface area contributed by atoms with Crippen LogP contribution in [0.4, 0.5) is 0 Å². The molecule has 80 valence electrons. The van der Waals surface area contributed by atoms with E-state index in [0.29, 0.717) is 5.56 Å². The summed E-state index contributed by atoms with van der Waals surface area (Å²) in [7, 11) is 0. The fourth-order valence-corrected chi connectivity index (χ4v) is 1.13. The van der Waals surface area contributed by atoms with Crippen LogP contribution in [-0.4, -0.2) is 16.5 Å². The topological polar surface area (TPSA) is 37.3 Å². The van der Waals surface area contributed by atoms with E-state index < -0.39 is 5.60 Å². The molecular formula is C13H16O2. The summed E-state index contributed by atoms with van der Waals surface area (Å²) in [4.78, 5) is 11.0. The number of Topliss-reactive ketones (excluding diaryl/α,β-unsaturated/α-hetero) is 1. The van der Waals surface area contributed by atoms with Gasteiger partial charge in [0.15, 0.2) is 5.78 Å². The van der Waals surface area contributed by atoms with Crippen LogP contribution < -0.4 is 0 Å². The predicted octanol–water partition coefficient (Wildman–Crippen LogP) is 2.67. The minimum atomic E-state index is -0.806. The van der Waals surface area contributed by atoms with Crippen LogP contribution in [0, 0.1) is 0 Å². The van der Waals surface area contributed by atoms with Gasteiger partial charge in [-0.3, -0.25) is 4.79 Å². The standard InChI is InChI=1S/C13H16O2/c1-10(14)12-6-4-11(5-7-12)8-9-13(2,3)15/h4-9,15H,1-3H3/b9-8+. The smallest absolute Gasteiger partial charge is 0.159 e. The second-order valence-corrected chi connectivity index (χ2v) is 4.17. The molecule has 0 heterocycles. The summed E-state index contributed by atoms with van der Waals surface area (Å²) in [6.07, 6.45) is 3.56. The van der Waals surface area contributed by atoms with Crippen LogP contribution in [0.3, 0.4) is 0 Å². The first-order valence-corrected chi connectivity index (χ1v) is 4.91. The van der Waals surface area contributed by atoms with E-state index >= 15 is 0 Å². The van der Waals surface area contributed by atoms with Gasteiger partial charge in [0, 0.05) is 5.56 Å². The van der Waals surface area contributed by atoms with Crippen LogP contribution in [0.25, 0.3) is 6.08 Å². The molecule has 0 spiro atoms. The Hall–Kier alpha value is -1.41. The van der Waals surface area contributed by atoms with E-state index in [1.165, 1.54) is 0 Å². The van der Waals surface area contributed by atoms with Crippen LogP contribution >= 0.6 is 0 Å². The third-order valence-corrected chi connectivity index (χ3v) is 2.00. The Bertz CT molecular complexity index is 367. The van der Waals surface area contributed by atoms with Gasteiger partial charge in [0.25, 0.3) is 0 Å². The van der Waals surface area contributed by atoms with Crippen molar-refractivity contribution in [2.45, 2.75) is 26.4 Å². The highest BCUT2D eigenvalue weighted by Crippen LogP contribution is 2.10. The molecule has 1 N–H and O–H groups in total. The second-order valence-electron chi connectivity index (χ2n) is 4.17. The number of ketones is 1. The highest BCUT2D eigenvalue weighted by molar-refractivity contribution is 5.94. The number of benzene rings is 1. The number of hydrogen-bond acceptors (Lipinski definition) is 2. The molecule has 0 saturated heterocycles. The van der Waals surface area contributed by atoms with E-state index in [1.54, 1.807) is 39.0 Å². The summed E-state index contributed by atoms with van der Waals surface area (Å²) in [5.41, 5.74) is 0.872. The zero-order valence-electron chi connectivity index (χ0n) is 9.32. The van der Waals surface area contributed by atoms with E-state index in [2.05, 4.69) is 0 Å². The first kappa shape index (κ1) is 11.7. The summed E-state index contributed by atoms with van der Waals surface area (Å²) < 4.78 is 0. The Morgan fingerprint density at radius 1 is 1.27 bits per heavy atom. The van der Waals surface area contributed by atoms with Crippen molar-refractivity contribution in [3.8, 4) is 0 Å². The molecule has 0 atom stereocenters. The summed E-state index contributed by atoms with van der Waals surface area (Å²) in [5.74, 6) is 0.0630. The van der Waals surface area contributed by atoms with Gasteiger partial charge in [-0.2, -0.15) is 0 Å². The fourth-order valence-electron chi connectivity index (χ4n) is 1.13. The maximum atomic E-state index is 11.0. The molecule has 2 heteroatoms. The minimum absolute atomic E-state index is 0.0630. The molecule has 0 radical (unpaired) electrons. The van der Waals surface area contributed by atoms with Crippen LogP contribution in [0.2, 0.25) is 0 Å². The normalized spacial score (nSPS) is 12.0. The number of carbonyl (C=O) groups excluding carboxylic acids is 1. The van der Waals surface area contributed by atoms with E-state index in [9.17, 15) is 9.90 Å². The van der Waals surface area contributed by atoms with Crippen LogP contribution in [0.5, 0.6) is 0 Å². The Balaban J connectivity index is 2.82. The van der Waals surface area contributed by atoms with Gasteiger partial charge in [-0.25, -0.2) is 0 Å². The molecular weight excluding hydrogens is 188 g/mol. The number of rotatable bonds is 3. The molecule has 0 aliphatic heterocycles. The van der Waals surface area contributed by atoms with Gasteiger partial charge in [-0.15, -0.1) is 0 Å². The monoisotopic (exact) mass is 204 g/mol. The van der Waals surface area contributed by atoms with Crippen molar-refractivity contribution in [2.75, 3.05) is 0 Å². The van der Waals surface area contributed by atoms with Crippen molar-refractivity contribution in [1.82, 2.24) is 0 Å². The zero-order valence-corrected chi connectivity index (χ0v) is 9.32. The molecule has 0 unspecified atom stereocenters. The van der Waals surface area contributed by atoms with Gasteiger partial charge in [0.2, 0.25) is 0 Å². The third kappa shape index (κ3) is 4.09. The summed E-state index contributed by atoms with van der Waals surface area (Å²) >= 11 is 0. The van der Waals surface area contributed by atoms with Gasteiger partial charge in [-0.1, -0.05) is 36.4 Å². The van der Waals surface area contributed by atoms with Crippen LogP contribution in [-0.2, 0) is 0 Å². The number of carbonyl (C=O) groups is 1. The molecule has 1 aromatic rings. The van der Waals surface area contributed by atoms with Crippen molar-refractivity contribution in [1.29, 1.82) is 0 Å². The Morgan fingerprint density at radius 2 is 1.80 bits per heavy atom. The lowest BCUT2D eigenvalue weighted by atomic mass is 10.1. The largest absolute Gasteiger partial charge is 0.386 e. The summed E-state index contributed by atoms with van der Waals surface area (Å²) in [6, 6.07) is 7.29. The van der Waals surface area contributed by atoms with E-state index in [0.717, 1.165) is 5.56 Å². The Labute approximate surface area is 90.3 Å². The summed E-state index contributed by atoms with van der Waals surface area (Å²) in [6.45, 7) is 4.97. The lowest BCUT2D eigenvalue weighted by Gasteiger charge is -2.09. The number of hydrogen-bond donors (Lipinski definition) is 1. The fraction of sp³-hybridized carbons (Fsp3) is 0.308. The molecule has 0 aliphatic carbocycles. The van der Waals surface area contributed by atoms with Gasteiger partial charge in [-0.05, 0) is 26.3 Å². The third-order valence-electron chi connectivity index (χ3n) is 2.00. The van der Waals surface area contributed by atoms with Crippen molar-refractivity contribution in [2.24, 2.45) is 0 Å². The first-order chi connectivity index (χ1) is 6.88. The Kier molecular flexibility index (Phi) is 3.43. The highest BCUT2D eigenvalue weighted by Gasteiger charge is 2.05. The second kappa shape index (κ2) is 4.41. The Morgan fingerprint density at radius 3 is 2.20 bits per heavy atom. The first-order valence-electron chi connectivity index (χ1n) is 4.91. The van der Waals surface area contributed by atoms with Crippen molar-refractivity contribution in [3.05, 3.63) is 41.5 Å². The van der Waals surface area contributed by atoms with Crippen LogP contribution in [0.1, 0.15) is 36.7 Å². The van der Waals surface area contributed by atoms with E-state index in [-0.39, 0.29) is 5.78 Å². The molecule has 1 aromatic carbocycles. The minimum Gasteiger partial charge on any atom is -0.386 e. The maximum Gasteiger partial charge on any atom is 0.159 e. The number of aliphatic hydroxyl groups is 1.